The summed E-state index contributed by atoms with van der Waals surface area (Å²) in [4.78, 5) is 14.9. The van der Waals surface area contributed by atoms with Crippen molar-refractivity contribution >= 4 is 5.97 Å². The maximum Gasteiger partial charge on any atom is 0.338 e. The van der Waals surface area contributed by atoms with E-state index in [1.165, 1.54) is 5.56 Å². The summed E-state index contributed by atoms with van der Waals surface area (Å²) in [5.41, 5.74) is 1.79. The number of carbonyl (C=O) groups is 1. The Balaban J connectivity index is 1.99. The normalized spacial score (nSPS) is 12.0. The minimum atomic E-state index is -0.300. The molecule has 2 rings (SSSR count). The van der Waals surface area contributed by atoms with Crippen molar-refractivity contribution in [3.8, 4) is 5.75 Å². The number of hydrogen-bond acceptors (Lipinski definition) is 4. The fourth-order valence-electron chi connectivity index (χ4n) is 3.22. The van der Waals surface area contributed by atoms with E-state index < -0.39 is 0 Å². The first kappa shape index (κ1) is 22.0. The van der Waals surface area contributed by atoms with Gasteiger partial charge in [0, 0.05) is 6.04 Å². The van der Waals surface area contributed by atoms with Crippen molar-refractivity contribution in [3.63, 3.8) is 0 Å². The van der Waals surface area contributed by atoms with Crippen molar-refractivity contribution < 1.29 is 14.3 Å². The van der Waals surface area contributed by atoms with Crippen molar-refractivity contribution in [2.24, 2.45) is 0 Å². The van der Waals surface area contributed by atoms with Gasteiger partial charge in [0.15, 0.2) is 0 Å². The first-order valence-electron chi connectivity index (χ1n) is 10.4. The van der Waals surface area contributed by atoms with Gasteiger partial charge in [-0.25, -0.2) is 4.79 Å². The molecule has 0 bridgehead atoms. The molecule has 1 unspecified atom stereocenters. The molecular weight excluding hydrogens is 350 g/mol. The number of benzene rings is 2. The van der Waals surface area contributed by atoms with Crippen molar-refractivity contribution in [1.29, 1.82) is 0 Å². The molecule has 0 saturated carbocycles. The molecule has 0 aliphatic carbocycles. The lowest BCUT2D eigenvalue weighted by Gasteiger charge is -2.29. The van der Waals surface area contributed by atoms with Gasteiger partial charge in [-0.1, -0.05) is 63.6 Å². The van der Waals surface area contributed by atoms with Gasteiger partial charge in [0.25, 0.3) is 0 Å². The Morgan fingerprint density at radius 3 is 2.43 bits per heavy atom. The topological polar surface area (TPSA) is 38.8 Å². The number of ether oxygens (including phenoxy) is 2. The van der Waals surface area contributed by atoms with Gasteiger partial charge in [-0.15, -0.1) is 0 Å². The molecule has 0 N–H and O–H groups in total. The molecule has 4 heteroatoms. The number of carbonyl (C=O) groups excluding carboxylic acids is 1. The van der Waals surface area contributed by atoms with Gasteiger partial charge in [0.1, 0.15) is 12.4 Å². The average molecular weight is 384 g/mol. The van der Waals surface area contributed by atoms with E-state index in [0.717, 1.165) is 32.4 Å². The molecule has 0 aliphatic heterocycles. The van der Waals surface area contributed by atoms with E-state index in [-0.39, 0.29) is 12.0 Å². The summed E-state index contributed by atoms with van der Waals surface area (Å²) in [5, 5.41) is 0. The smallest absolute Gasteiger partial charge is 0.338 e. The molecule has 0 heterocycles. The van der Waals surface area contributed by atoms with Crippen LogP contribution in [0.3, 0.4) is 0 Å². The molecular formula is C24H33NO3. The van der Waals surface area contributed by atoms with Crippen LogP contribution in [0.15, 0.2) is 54.6 Å². The van der Waals surface area contributed by atoms with E-state index >= 15 is 0 Å². The number of esters is 1. The zero-order chi connectivity index (χ0) is 20.2. The number of hydrogen-bond donors (Lipinski definition) is 0. The molecule has 0 fully saturated rings. The molecule has 0 spiro atoms. The summed E-state index contributed by atoms with van der Waals surface area (Å²) in [6.07, 6.45) is 2.94. The van der Waals surface area contributed by atoms with E-state index in [4.69, 9.17) is 9.47 Å². The molecule has 28 heavy (non-hydrogen) atoms. The first-order valence-corrected chi connectivity index (χ1v) is 10.4. The van der Waals surface area contributed by atoms with Crippen LogP contribution >= 0.6 is 0 Å². The Kier molecular flexibility index (Phi) is 9.56. The number of unbranched alkanes of at least 4 members (excludes halogenated alkanes) is 1. The van der Waals surface area contributed by atoms with E-state index in [1.807, 2.05) is 30.3 Å². The van der Waals surface area contributed by atoms with E-state index in [9.17, 15) is 4.79 Å². The Hall–Kier alpha value is -2.33. The van der Waals surface area contributed by atoms with Gasteiger partial charge in [0.05, 0.1) is 12.2 Å². The number of rotatable bonds is 12. The van der Waals surface area contributed by atoms with Crippen LogP contribution in [0.2, 0.25) is 0 Å². The van der Waals surface area contributed by atoms with Crippen LogP contribution in [0, 0.1) is 0 Å². The van der Waals surface area contributed by atoms with Gasteiger partial charge in [-0.2, -0.15) is 0 Å². The second-order valence-electron chi connectivity index (χ2n) is 6.89. The average Bonchev–Trinajstić information content (AvgIpc) is 2.73. The van der Waals surface area contributed by atoms with Crippen LogP contribution < -0.4 is 4.74 Å². The predicted molar refractivity (Wildman–Crippen MR) is 114 cm³/mol. The number of likely N-dealkylation sites (N-methyl/N-ethyl adjacent to an activating group) is 1. The Labute approximate surface area is 169 Å². The van der Waals surface area contributed by atoms with E-state index in [1.54, 1.807) is 12.1 Å². The van der Waals surface area contributed by atoms with Gasteiger partial charge < -0.3 is 9.47 Å². The van der Waals surface area contributed by atoms with Gasteiger partial charge >= 0.3 is 5.97 Å². The third-order valence-corrected chi connectivity index (χ3v) is 4.89. The predicted octanol–water partition coefficient (Wildman–Crippen LogP) is 4.98. The fraction of sp³-hybridized carbons (Fsp3) is 0.458. The quantitative estimate of drug-likeness (QED) is 0.383. The number of nitrogens with zero attached hydrogens (tertiary/aromatic N) is 1. The molecule has 0 aliphatic rings. The van der Waals surface area contributed by atoms with Crippen molar-refractivity contribution in [3.05, 3.63) is 65.7 Å². The van der Waals surface area contributed by atoms with Crippen LogP contribution in [0.25, 0.3) is 0 Å². The SMILES string of the molecule is CCCCOc1cccc(C(=O)OCC(Cc2ccccc2)N(CC)CC)c1. The molecule has 2 aromatic carbocycles. The summed E-state index contributed by atoms with van der Waals surface area (Å²) >= 11 is 0. The second kappa shape index (κ2) is 12.2. The third-order valence-electron chi connectivity index (χ3n) is 4.89. The summed E-state index contributed by atoms with van der Waals surface area (Å²) in [6.45, 7) is 9.28. The largest absolute Gasteiger partial charge is 0.494 e. The van der Waals surface area contributed by atoms with E-state index in [0.29, 0.717) is 24.5 Å². The van der Waals surface area contributed by atoms with Crippen LogP contribution in [0.4, 0.5) is 0 Å². The molecule has 0 saturated heterocycles. The van der Waals surface area contributed by atoms with Crippen LogP contribution in [0.1, 0.15) is 49.5 Å². The Morgan fingerprint density at radius 2 is 1.75 bits per heavy atom. The molecule has 1 atom stereocenters. The molecule has 2 aromatic rings. The zero-order valence-corrected chi connectivity index (χ0v) is 17.4. The monoisotopic (exact) mass is 383 g/mol. The van der Waals surface area contributed by atoms with Gasteiger partial charge in [0.2, 0.25) is 0 Å². The zero-order valence-electron chi connectivity index (χ0n) is 17.4. The second-order valence-corrected chi connectivity index (χ2v) is 6.89. The Morgan fingerprint density at radius 1 is 1.00 bits per heavy atom. The highest BCUT2D eigenvalue weighted by molar-refractivity contribution is 5.89. The standard InChI is InChI=1S/C24H33NO3/c1-4-7-16-27-23-15-11-14-21(18-23)24(26)28-19-22(25(5-2)6-3)17-20-12-9-8-10-13-20/h8-15,18,22H,4-7,16-17,19H2,1-3H3. The highest BCUT2D eigenvalue weighted by Gasteiger charge is 2.19. The maximum absolute atomic E-state index is 12.6. The molecule has 0 aromatic heterocycles. The molecule has 0 amide bonds. The highest BCUT2D eigenvalue weighted by atomic mass is 16.5. The molecule has 4 nitrogen and oxygen atoms in total. The van der Waals surface area contributed by atoms with Crippen LogP contribution in [-0.4, -0.2) is 43.2 Å². The van der Waals surface area contributed by atoms with Crippen LogP contribution in [0.5, 0.6) is 5.75 Å². The van der Waals surface area contributed by atoms with Crippen molar-refractivity contribution in [2.45, 2.75) is 46.1 Å². The summed E-state index contributed by atoms with van der Waals surface area (Å²) < 4.78 is 11.4. The molecule has 0 radical (unpaired) electrons. The Bertz CT molecular complexity index is 698. The maximum atomic E-state index is 12.6. The van der Waals surface area contributed by atoms with Gasteiger partial charge in [-0.05, 0) is 49.7 Å². The third kappa shape index (κ3) is 7.01. The van der Waals surface area contributed by atoms with Crippen LogP contribution in [-0.2, 0) is 11.2 Å². The lowest BCUT2D eigenvalue weighted by molar-refractivity contribution is 0.0359. The lowest BCUT2D eigenvalue weighted by atomic mass is 10.1. The summed E-state index contributed by atoms with van der Waals surface area (Å²) in [7, 11) is 0. The summed E-state index contributed by atoms with van der Waals surface area (Å²) in [6, 6.07) is 17.8. The minimum Gasteiger partial charge on any atom is -0.494 e. The summed E-state index contributed by atoms with van der Waals surface area (Å²) in [5.74, 6) is 0.415. The fourth-order valence-corrected chi connectivity index (χ4v) is 3.22. The minimum absolute atomic E-state index is 0.158. The lowest BCUT2D eigenvalue weighted by Crippen LogP contribution is -2.40. The molecule has 152 valence electrons. The highest BCUT2D eigenvalue weighted by Crippen LogP contribution is 2.16. The van der Waals surface area contributed by atoms with E-state index in [2.05, 4.69) is 37.8 Å². The van der Waals surface area contributed by atoms with Gasteiger partial charge in [-0.3, -0.25) is 4.90 Å². The van der Waals surface area contributed by atoms with Crippen molar-refractivity contribution in [2.75, 3.05) is 26.3 Å². The van der Waals surface area contributed by atoms with Crippen molar-refractivity contribution in [1.82, 2.24) is 4.90 Å². The first-order chi connectivity index (χ1) is 13.7.